The van der Waals surface area contributed by atoms with Crippen molar-refractivity contribution in [3.8, 4) is 0 Å². The summed E-state index contributed by atoms with van der Waals surface area (Å²) in [6, 6.07) is 0. The molecule has 4 nitrogen and oxygen atoms in total. The number of amidine groups is 1. The minimum Gasteiger partial charge on any atom is -0.212 e. The zero-order valence-corrected chi connectivity index (χ0v) is 7.29. The molecule has 56 valence electrons. The molecule has 1 atom stereocenters. The van der Waals surface area contributed by atoms with Gasteiger partial charge in [0.1, 0.15) is 15.5 Å². The van der Waals surface area contributed by atoms with Crippen LogP contribution in [-0.4, -0.2) is 18.8 Å². The molecule has 0 bridgehead atoms. The standard InChI is InChI=1S/C3H3ClN2O2S2/c1-2-5-3(4)9(6-2)10(7)8/h1H3. The van der Waals surface area contributed by atoms with Crippen LogP contribution in [0.5, 0.6) is 0 Å². The van der Waals surface area contributed by atoms with E-state index in [1.54, 1.807) is 6.92 Å². The van der Waals surface area contributed by atoms with Gasteiger partial charge in [0, 0.05) is 0 Å². The highest BCUT2D eigenvalue weighted by atomic mass is 35.5. The van der Waals surface area contributed by atoms with E-state index in [0.29, 0.717) is 5.84 Å². The van der Waals surface area contributed by atoms with E-state index in [1.807, 2.05) is 0 Å². The lowest BCUT2D eigenvalue weighted by molar-refractivity contribution is 0.628. The van der Waals surface area contributed by atoms with Crippen LogP contribution in [0.1, 0.15) is 6.92 Å². The Morgan fingerprint density at radius 1 is 1.60 bits per heavy atom. The van der Waals surface area contributed by atoms with Crippen LogP contribution in [-0.2, 0) is 18.9 Å². The first-order valence-corrected chi connectivity index (χ1v) is 5.40. The lowest BCUT2D eigenvalue weighted by atomic mass is 10.7. The molecule has 0 N–H and O–H groups in total. The van der Waals surface area contributed by atoms with Crippen LogP contribution in [0.2, 0.25) is 0 Å². The van der Waals surface area contributed by atoms with E-state index in [1.165, 1.54) is 0 Å². The fourth-order valence-electron chi connectivity index (χ4n) is 0.431. The van der Waals surface area contributed by atoms with Crippen LogP contribution in [0.25, 0.3) is 0 Å². The summed E-state index contributed by atoms with van der Waals surface area (Å²) in [5.74, 6) is 0.414. The molecule has 0 spiro atoms. The fraction of sp³-hybridized carbons (Fsp3) is 0.333. The smallest absolute Gasteiger partial charge is 0.212 e. The largest absolute Gasteiger partial charge is 0.268 e. The zero-order valence-electron chi connectivity index (χ0n) is 4.91. The number of hydrogen-bond donors (Lipinski definition) is 0. The molecule has 1 aliphatic rings. The van der Waals surface area contributed by atoms with Gasteiger partial charge in [-0.25, -0.2) is 4.99 Å². The van der Waals surface area contributed by atoms with Gasteiger partial charge in [-0.3, -0.25) is 0 Å². The van der Waals surface area contributed by atoms with Crippen molar-refractivity contribution in [2.45, 2.75) is 6.92 Å². The molecule has 0 aliphatic carbocycles. The predicted octanol–water partition coefficient (Wildman–Crippen LogP) is 0.341. The first-order chi connectivity index (χ1) is 4.61. The SMILES string of the molecule is CC1=NS(=S(=O)=O)C(Cl)=N1. The van der Waals surface area contributed by atoms with Gasteiger partial charge in [0.05, 0.1) is 0 Å². The summed E-state index contributed by atoms with van der Waals surface area (Å²) in [6.45, 7) is 1.60. The first kappa shape index (κ1) is 7.90. The zero-order chi connectivity index (χ0) is 7.72. The maximum atomic E-state index is 10.3. The fourth-order valence-corrected chi connectivity index (χ4v) is 2.81. The van der Waals surface area contributed by atoms with Crippen molar-refractivity contribution in [2.75, 3.05) is 0 Å². The van der Waals surface area contributed by atoms with Crippen molar-refractivity contribution in [1.82, 2.24) is 0 Å². The van der Waals surface area contributed by atoms with Gasteiger partial charge in [0.2, 0.25) is 0 Å². The summed E-state index contributed by atoms with van der Waals surface area (Å²) in [4.78, 5) is 3.64. The van der Waals surface area contributed by atoms with Gasteiger partial charge in [-0.1, -0.05) is 11.6 Å². The Balaban J connectivity index is 3.34. The highest BCUT2D eigenvalue weighted by molar-refractivity contribution is 8.42. The molecule has 1 rings (SSSR count). The van der Waals surface area contributed by atoms with Crippen molar-refractivity contribution < 1.29 is 8.42 Å². The van der Waals surface area contributed by atoms with Crippen LogP contribution in [0, 0.1) is 0 Å². The molecule has 0 fully saturated rings. The average Bonchev–Trinajstić information content (AvgIpc) is 2.10. The van der Waals surface area contributed by atoms with E-state index >= 15 is 0 Å². The molecule has 0 radical (unpaired) electrons. The summed E-state index contributed by atoms with van der Waals surface area (Å²) >= 11 is 5.42. The van der Waals surface area contributed by atoms with E-state index < -0.39 is 18.9 Å². The quantitative estimate of drug-likeness (QED) is 0.564. The molecular formula is C3H3ClN2O2S2. The third-order valence-electron chi connectivity index (χ3n) is 0.738. The van der Waals surface area contributed by atoms with Crippen LogP contribution in [0.15, 0.2) is 9.39 Å². The van der Waals surface area contributed by atoms with Crippen molar-refractivity contribution in [3.63, 3.8) is 0 Å². The molecule has 0 amide bonds. The maximum Gasteiger partial charge on any atom is 0.268 e. The third kappa shape index (κ3) is 1.44. The van der Waals surface area contributed by atoms with Crippen molar-refractivity contribution in [3.05, 3.63) is 0 Å². The van der Waals surface area contributed by atoms with Gasteiger partial charge >= 0.3 is 0 Å². The van der Waals surface area contributed by atoms with E-state index in [2.05, 4.69) is 9.39 Å². The van der Waals surface area contributed by atoms with Gasteiger partial charge in [0.25, 0.3) is 9.26 Å². The molecule has 0 aromatic carbocycles. The van der Waals surface area contributed by atoms with Gasteiger partial charge < -0.3 is 0 Å². The van der Waals surface area contributed by atoms with Crippen LogP contribution in [0.4, 0.5) is 0 Å². The van der Waals surface area contributed by atoms with Crippen molar-refractivity contribution >= 4 is 40.8 Å². The second kappa shape index (κ2) is 2.81. The van der Waals surface area contributed by atoms with Crippen LogP contribution >= 0.6 is 11.6 Å². The molecule has 1 unspecified atom stereocenters. The summed E-state index contributed by atoms with van der Waals surface area (Å²) < 4.78 is 24.3. The topological polar surface area (TPSA) is 58.9 Å². The predicted molar refractivity (Wildman–Crippen MR) is 42.7 cm³/mol. The number of halogens is 1. The molecule has 1 aliphatic heterocycles. The van der Waals surface area contributed by atoms with E-state index in [0.717, 1.165) is 0 Å². The van der Waals surface area contributed by atoms with Gasteiger partial charge in [-0.05, 0) is 6.92 Å². The lowest BCUT2D eigenvalue weighted by Crippen LogP contribution is -1.89. The van der Waals surface area contributed by atoms with Gasteiger partial charge in [0.15, 0.2) is 4.50 Å². The Labute approximate surface area is 65.9 Å². The minimum atomic E-state index is -2.26. The second-order valence-corrected chi connectivity index (χ2v) is 5.28. The van der Waals surface area contributed by atoms with E-state index in [4.69, 9.17) is 11.6 Å². The average molecular weight is 199 g/mol. The van der Waals surface area contributed by atoms with Crippen molar-refractivity contribution in [1.29, 1.82) is 0 Å². The molecule has 10 heavy (non-hydrogen) atoms. The molecule has 0 aromatic heterocycles. The number of nitrogens with zero attached hydrogens (tertiary/aromatic N) is 2. The van der Waals surface area contributed by atoms with E-state index in [-0.39, 0.29) is 4.50 Å². The Bertz CT molecular complexity index is 345. The normalized spacial score (nSPS) is 24.0. The first-order valence-electron chi connectivity index (χ1n) is 2.25. The number of aliphatic imine (C=N–C) groups is 1. The molecular weight excluding hydrogens is 196 g/mol. The van der Waals surface area contributed by atoms with Crippen LogP contribution in [0.3, 0.4) is 0 Å². The summed E-state index contributed by atoms with van der Waals surface area (Å²) in [7, 11) is -3.50. The highest BCUT2D eigenvalue weighted by Gasteiger charge is 2.11. The van der Waals surface area contributed by atoms with E-state index in [9.17, 15) is 8.42 Å². The Morgan fingerprint density at radius 3 is 2.40 bits per heavy atom. The Kier molecular flexibility index (Phi) is 2.22. The molecule has 1 heterocycles. The Hall–Kier alpha value is -0.200. The molecule has 7 heteroatoms. The molecule has 0 saturated carbocycles. The van der Waals surface area contributed by atoms with Crippen molar-refractivity contribution in [2.24, 2.45) is 9.39 Å². The second-order valence-electron chi connectivity index (χ2n) is 1.46. The highest BCUT2D eigenvalue weighted by Crippen LogP contribution is 2.06. The summed E-state index contributed by atoms with van der Waals surface area (Å²) in [5, 5.41) is 0. The maximum absolute atomic E-state index is 10.3. The summed E-state index contributed by atoms with van der Waals surface area (Å²) in [6.07, 6.45) is 0. The third-order valence-corrected chi connectivity index (χ3v) is 4.07. The minimum absolute atomic E-state index is 0.0471. The monoisotopic (exact) mass is 198 g/mol. The Morgan fingerprint density at radius 2 is 2.20 bits per heavy atom. The number of rotatable bonds is 0. The van der Waals surface area contributed by atoms with Crippen LogP contribution < -0.4 is 0 Å². The summed E-state index contributed by atoms with van der Waals surface area (Å²) in [5.41, 5.74) is 0. The van der Waals surface area contributed by atoms with Gasteiger partial charge in [-0.15, -0.1) is 0 Å². The molecule has 0 aromatic rings. The lowest BCUT2D eigenvalue weighted by Gasteiger charge is -1.78. The van der Waals surface area contributed by atoms with Gasteiger partial charge in [-0.2, -0.15) is 12.8 Å². The molecule has 0 saturated heterocycles. The number of hydrogen-bond acceptors (Lipinski definition) is 3.